The van der Waals surface area contributed by atoms with Gasteiger partial charge in [0.1, 0.15) is 0 Å². The highest BCUT2D eigenvalue weighted by atomic mass is 32.1. The van der Waals surface area contributed by atoms with E-state index >= 15 is 0 Å². The maximum atomic E-state index is 12.3. The number of pyridine rings is 1. The largest absolute Gasteiger partial charge is 0.468 e. The first-order valence-corrected chi connectivity index (χ1v) is 8.54. The summed E-state index contributed by atoms with van der Waals surface area (Å²) in [6.07, 6.45) is -3.02. The van der Waals surface area contributed by atoms with Crippen LogP contribution in [0.1, 0.15) is 17.4 Å². The molecule has 0 unspecified atom stereocenters. The number of halogens is 3. The summed E-state index contributed by atoms with van der Waals surface area (Å²) in [6.45, 7) is 2.00. The van der Waals surface area contributed by atoms with Crippen molar-refractivity contribution in [2.24, 2.45) is 4.99 Å². The van der Waals surface area contributed by atoms with Crippen molar-refractivity contribution in [3.8, 4) is 5.88 Å². The SMILES string of the molecule is CCNC(=NCc1cccnc1OCC(F)(F)F)NCc1cccs1. The highest BCUT2D eigenvalue weighted by Gasteiger charge is 2.29. The third-order valence-electron chi connectivity index (χ3n) is 2.98. The van der Waals surface area contributed by atoms with E-state index in [2.05, 4.69) is 20.6 Å². The molecule has 2 rings (SSSR count). The Morgan fingerprint density at radius 3 is 2.80 bits per heavy atom. The van der Waals surface area contributed by atoms with Crippen molar-refractivity contribution in [3.05, 3.63) is 46.3 Å². The summed E-state index contributed by atoms with van der Waals surface area (Å²) in [5, 5.41) is 8.26. The predicted octanol–water partition coefficient (Wildman–Crippen LogP) is 3.34. The Balaban J connectivity index is 2.01. The number of guanidine groups is 1. The summed E-state index contributed by atoms with van der Waals surface area (Å²) in [5.41, 5.74) is 0.486. The maximum Gasteiger partial charge on any atom is 0.422 e. The zero-order valence-corrected chi connectivity index (χ0v) is 14.5. The lowest BCUT2D eigenvalue weighted by Crippen LogP contribution is -2.36. The highest BCUT2D eigenvalue weighted by Crippen LogP contribution is 2.20. The van der Waals surface area contributed by atoms with Crippen LogP contribution >= 0.6 is 11.3 Å². The average Bonchev–Trinajstić information content (AvgIpc) is 3.09. The molecule has 136 valence electrons. The molecule has 0 aromatic carbocycles. The smallest absolute Gasteiger partial charge is 0.422 e. The Morgan fingerprint density at radius 1 is 1.28 bits per heavy atom. The van der Waals surface area contributed by atoms with E-state index < -0.39 is 12.8 Å². The molecule has 0 atom stereocenters. The number of hydrogen-bond donors (Lipinski definition) is 2. The fourth-order valence-electron chi connectivity index (χ4n) is 1.91. The minimum atomic E-state index is -4.41. The van der Waals surface area contributed by atoms with Crippen molar-refractivity contribution in [1.82, 2.24) is 15.6 Å². The van der Waals surface area contributed by atoms with E-state index in [0.29, 0.717) is 24.6 Å². The summed E-state index contributed by atoms with van der Waals surface area (Å²) in [4.78, 5) is 9.40. The molecular weight excluding hydrogens is 353 g/mol. The molecule has 5 nitrogen and oxygen atoms in total. The predicted molar refractivity (Wildman–Crippen MR) is 91.8 cm³/mol. The Morgan fingerprint density at radius 2 is 2.12 bits per heavy atom. The Hall–Kier alpha value is -2.29. The van der Waals surface area contributed by atoms with Gasteiger partial charge in [-0.25, -0.2) is 9.98 Å². The van der Waals surface area contributed by atoms with Gasteiger partial charge in [-0.15, -0.1) is 11.3 Å². The normalized spacial score (nSPS) is 12.1. The van der Waals surface area contributed by atoms with Gasteiger partial charge in [-0.3, -0.25) is 0 Å². The second-order valence-corrected chi connectivity index (χ2v) is 6.03. The number of alkyl halides is 3. The van der Waals surface area contributed by atoms with Gasteiger partial charge in [-0.2, -0.15) is 13.2 Å². The number of thiophene rings is 1. The fourth-order valence-corrected chi connectivity index (χ4v) is 2.56. The first kappa shape index (κ1) is 19.0. The molecule has 0 bridgehead atoms. The van der Waals surface area contributed by atoms with E-state index in [-0.39, 0.29) is 12.4 Å². The number of rotatable bonds is 7. The summed E-state index contributed by atoms with van der Waals surface area (Å²) < 4.78 is 41.7. The lowest BCUT2D eigenvalue weighted by Gasteiger charge is -2.12. The molecule has 0 aliphatic carbocycles. The molecule has 0 aliphatic rings. The molecule has 9 heteroatoms. The summed E-state index contributed by atoms with van der Waals surface area (Å²) in [6, 6.07) is 7.25. The maximum absolute atomic E-state index is 12.3. The molecule has 2 aromatic rings. The molecule has 2 N–H and O–H groups in total. The Kier molecular flexibility index (Phi) is 7.05. The number of aromatic nitrogens is 1. The number of nitrogens with one attached hydrogen (secondary N) is 2. The van der Waals surface area contributed by atoms with Crippen LogP contribution in [0.3, 0.4) is 0 Å². The summed E-state index contributed by atoms with van der Waals surface area (Å²) in [7, 11) is 0. The molecule has 2 aromatic heterocycles. The monoisotopic (exact) mass is 372 g/mol. The van der Waals surface area contributed by atoms with Gasteiger partial charge in [0.2, 0.25) is 5.88 Å². The molecule has 0 spiro atoms. The molecule has 0 saturated carbocycles. The summed E-state index contributed by atoms with van der Waals surface area (Å²) >= 11 is 1.63. The first-order valence-electron chi connectivity index (χ1n) is 7.66. The second-order valence-electron chi connectivity index (χ2n) is 5.00. The van der Waals surface area contributed by atoms with Crippen LogP contribution < -0.4 is 15.4 Å². The topological polar surface area (TPSA) is 58.5 Å². The van der Waals surface area contributed by atoms with Crippen molar-refractivity contribution in [2.45, 2.75) is 26.2 Å². The van der Waals surface area contributed by atoms with E-state index in [1.807, 2.05) is 24.4 Å². The third-order valence-corrected chi connectivity index (χ3v) is 3.86. The van der Waals surface area contributed by atoms with Crippen LogP contribution in [0.2, 0.25) is 0 Å². The Bertz CT molecular complexity index is 674. The van der Waals surface area contributed by atoms with Crippen molar-refractivity contribution < 1.29 is 17.9 Å². The van der Waals surface area contributed by atoms with Crippen molar-refractivity contribution in [2.75, 3.05) is 13.2 Å². The van der Waals surface area contributed by atoms with Gasteiger partial charge in [-0.05, 0) is 24.4 Å². The first-order chi connectivity index (χ1) is 12.0. The van der Waals surface area contributed by atoms with E-state index in [1.165, 1.54) is 6.20 Å². The summed E-state index contributed by atoms with van der Waals surface area (Å²) in [5.74, 6) is 0.513. The van der Waals surface area contributed by atoms with Crippen LogP contribution in [0.4, 0.5) is 13.2 Å². The van der Waals surface area contributed by atoms with Crippen molar-refractivity contribution in [3.63, 3.8) is 0 Å². The molecule has 0 radical (unpaired) electrons. The van der Waals surface area contributed by atoms with E-state index in [9.17, 15) is 13.2 Å². The minimum absolute atomic E-state index is 0.0577. The zero-order valence-electron chi connectivity index (χ0n) is 13.6. The molecule has 0 aliphatic heterocycles. The average molecular weight is 372 g/mol. The van der Waals surface area contributed by atoms with Crippen LogP contribution in [0, 0.1) is 0 Å². The molecule has 0 saturated heterocycles. The van der Waals surface area contributed by atoms with Gasteiger partial charge < -0.3 is 15.4 Å². The van der Waals surface area contributed by atoms with Crippen LogP contribution in [0.5, 0.6) is 5.88 Å². The van der Waals surface area contributed by atoms with E-state index in [0.717, 1.165) is 4.88 Å². The van der Waals surface area contributed by atoms with Gasteiger partial charge in [0.15, 0.2) is 12.6 Å². The van der Waals surface area contributed by atoms with Gasteiger partial charge >= 0.3 is 6.18 Å². The van der Waals surface area contributed by atoms with Gasteiger partial charge in [0, 0.05) is 23.2 Å². The van der Waals surface area contributed by atoms with Crippen molar-refractivity contribution >= 4 is 17.3 Å². The highest BCUT2D eigenvalue weighted by molar-refractivity contribution is 7.09. The van der Waals surface area contributed by atoms with E-state index in [1.54, 1.807) is 23.5 Å². The third kappa shape index (κ3) is 7.00. The van der Waals surface area contributed by atoms with Crippen LogP contribution in [-0.2, 0) is 13.1 Å². The van der Waals surface area contributed by atoms with Gasteiger partial charge in [0.25, 0.3) is 0 Å². The standard InChI is InChI=1S/C16H19F3N4OS/c1-2-20-15(23-10-13-6-4-8-25-13)22-9-12-5-3-7-21-14(12)24-11-16(17,18)19/h3-8H,2,9-11H2,1H3,(H2,20,22,23). The Labute approximate surface area is 148 Å². The van der Waals surface area contributed by atoms with Crippen LogP contribution in [0.15, 0.2) is 40.8 Å². The number of ether oxygens (including phenoxy) is 1. The molecule has 0 fully saturated rings. The second kappa shape index (κ2) is 9.26. The quantitative estimate of drug-likeness (QED) is 0.578. The number of nitrogens with zero attached hydrogens (tertiary/aromatic N) is 2. The van der Waals surface area contributed by atoms with E-state index in [4.69, 9.17) is 4.74 Å². The zero-order chi connectivity index (χ0) is 18.1. The van der Waals surface area contributed by atoms with Crippen molar-refractivity contribution in [1.29, 1.82) is 0 Å². The fraction of sp³-hybridized carbons (Fsp3) is 0.375. The van der Waals surface area contributed by atoms with Crippen LogP contribution in [0.25, 0.3) is 0 Å². The lowest BCUT2D eigenvalue weighted by molar-refractivity contribution is -0.154. The minimum Gasteiger partial charge on any atom is -0.468 e. The lowest BCUT2D eigenvalue weighted by atomic mass is 10.3. The molecule has 25 heavy (non-hydrogen) atoms. The van der Waals surface area contributed by atoms with Gasteiger partial charge in [-0.1, -0.05) is 12.1 Å². The number of aliphatic imine (C=N–C) groups is 1. The van der Waals surface area contributed by atoms with Gasteiger partial charge in [0.05, 0.1) is 13.1 Å². The molecular formula is C16H19F3N4OS. The van der Waals surface area contributed by atoms with Crippen LogP contribution in [-0.4, -0.2) is 30.3 Å². The molecule has 0 amide bonds. The number of hydrogen-bond acceptors (Lipinski definition) is 4. The molecule has 2 heterocycles.